The number of nitrogens with one attached hydrogen (secondary N) is 1. The van der Waals surface area contributed by atoms with Gasteiger partial charge in [-0.25, -0.2) is 0 Å². The summed E-state index contributed by atoms with van der Waals surface area (Å²) in [7, 11) is 1.87. The largest absolute Gasteiger partial charge is 0.435 e. The number of benzene rings is 1. The molecule has 0 saturated heterocycles. The zero-order chi connectivity index (χ0) is 17.5. The molecule has 0 bridgehead atoms. The maximum atomic E-state index is 12.2. The molecule has 6 heteroatoms. The van der Waals surface area contributed by atoms with Crippen LogP contribution in [0.4, 0.5) is 8.78 Å². The molecule has 1 fully saturated rings. The van der Waals surface area contributed by atoms with Gasteiger partial charge in [0.1, 0.15) is 5.75 Å². The van der Waals surface area contributed by atoms with Gasteiger partial charge in [-0.05, 0) is 43.5 Å². The van der Waals surface area contributed by atoms with Crippen LogP contribution in [0.1, 0.15) is 38.2 Å². The summed E-state index contributed by atoms with van der Waals surface area (Å²) in [6.45, 7) is 0.266. The van der Waals surface area contributed by atoms with E-state index in [-0.39, 0.29) is 17.7 Å². The zero-order valence-electron chi connectivity index (χ0n) is 14.3. The van der Waals surface area contributed by atoms with Crippen LogP contribution in [0, 0.1) is 5.92 Å². The van der Waals surface area contributed by atoms with Crippen LogP contribution < -0.4 is 10.1 Å². The average molecular weight is 340 g/mol. The maximum absolute atomic E-state index is 12.2. The van der Waals surface area contributed by atoms with Crippen molar-refractivity contribution in [3.8, 4) is 5.75 Å². The fourth-order valence-electron chi connectivity index (χ4n) is 3.17. The molecule has 0 radical (unpaired) electrons. The molecule has 2 rings (SSSR count). The van der Waals surface area contributed by atoms with Crippen molar-refractivity contribution in [1.82, 2.24) is 10.2 Å². The average Bonchev–Trinajstić information content (AvgIpc) is 2.51. The van der Waals surface area contributed by atoms with E-state index in [4.69, 9.17) is 0 Å². The van der Waals surface area contributed by atoms with E-state index in [1.54, 1.807) is 12.1 Å². The number of likely N-dealkylation sites (N-methyl/N-ethyl adjacent to an activating group) is 1. The van der Waals surface area contributed by atoms with Crippen molar-refractivity contribution in [3.63, 3.8) is 0 Å². The number of hydrogen-bond acceptors (Lipinski definition) is 3. The van der Waals surface area contributed by atoms with Crippen LogP contribution in [0.3, 0.4) is 0 Å². The molecule has 24 heavy (non-hydrogen) atoms. The second-order valence-corrected chi connectivity index (χ2v) is 6.63. The van der Waals surface area contributed by atoms with Gasteiger partial charge in [-0.3, -0.25) is 9.69 Å². The molecule has 1 saturated carbocycles. The summed E-state index contributed by atoms with van der Waals surface area (Å²) < 4.78 is 28.6. The van der Waals surface area contributed by atoms with Crippen molar-refractivity contribution in [2.24, 2.45) is 5.92 Å². The monoisotopic (exact) mass is 340 g/mol. The van der Waals surface area contributed by atoms with E-state index < -0.39 is 6.61 Å². The molecule has 1 aliphatic carbocycles. The number of carbonyl (C=O) groups excluding carboxylic acids is 1. The lowest BCUT2D eigenvalue weighted by Crippen LogP contribution is -2.44. The first-order valence-corrected chi connectivity index (χ1v) is 8.45. The van der Waals surface area contributed by atoms with E-state index in [0.29, 0.717) is 19.0 Å². The van der Waals surface area contributed by atoms with Crippen LogP contribution in [0.5, 0.6) is 5.75 Å². The second-order valence-electron chi connectivity index (χ2n) is 6.63. The quantitative estimate of drug-likeness (QED) is 0.827. The highest BCUT2D eigenvalue weighted by molar-refractivity contribution is 5.78. The Morgan fingerprint density at radius 2 is 1.96 bits per heavy atom. The fraction of sp³-hybridized carbons (Fsp3) is 0.611. The van der Waals surface area contributed by atoms with Crippen LogP contribution in [-0.4, -0.2) is 37.1 Å². The third-order valence-corrected chi connectivity index (χ3v) is 4.47. The van der Waals surface area contributed by atoms with Gasteiger partial charge in [0.05, 0.1) is 6.54 Å². The van der Waals surface area contributed by atoms with Gasteiger partial charge in [0.15, 0.2) is 0 Å². The molecule has 1 aliphatic rings. The van der Waals surface area contributed by atoms with E-state index in [0.717, 1.165) is 12.0 Å². The Balaban J connectivity index is 1.77. The Morgan fingerprint density at radius 1 is 1.29 bits per heavy atom. The standard InChI is InChI=1S/C18H26F2N2O2/c1-13-5-3-4-6-16(13)21-17(23)12-22(2)11-14-7-9-15(10-8-14)24-18(19)20/h7-10,13,16,18H,3-6,11-12H2,1-2H3,(H,21,23)/t13-,16+/m0/s1. The topological polar surface area (TPSA) is 41.6 Å². The Bertz CT molecular complexity index is 522. The van der Waals surface area contributed by atoms with Gasteiger partial charge in [-0.1, -0.05) is 31.9 Å². The first kappa shape index (κ1) is 18.6. The van der Waals surface area contributed by atoms with E-state index in [2.05, 4.69) is 17.0 Å². The van der Waals surface area contributed by atoms with Gasteiger partial charge in [-0.15, -0.1) is 0 Å². The SMILES string of the molecule is C[C@H]1CCCC[C@H]1NC(=O)CN(C)Cc1ccc(OC(F)F)cc1. The van der Waals surface area contributed by atoms with Crippen molar-refractivity contribution in [3.05, 3.63) is 29.8 Å². The van der Waals surface area contributed by atoms with Gasteiger partial charge in [-0.2, -0.15) is 8.78 Å². The number of amides is 1. The predicted octanol–water partition coefficient (Wildman–Crippen LogP) is 3.41. The van der Waals surface area contributed by atoms with Gasteiger partial charge in [0.25, 0.3) is 0 Å². The predicted molar refractivity (Wildman–Crippen MR) is 89.0 cm³/mol. The molecule has 1 N–H and O–H groups in total. The van der Waals surface area contributed by atoms with E-state index in [1.807, 2.05) is 11.9 Å². The Morgan fingerprint density at radius 3 is 2.58 bits per heavy atom. The van der Waals surface area contributed by atoms with Crippen LogP contribution in [0.2, 0.25) is 0 Å². The molecule has 2 atom stereocenters. The van der Waals surface area contributed by atoms with Crippen molar-refractivity contribution in [2.75, 3.05) is 13.6 Å². The minimum absolute atomic E-state index is 0.0360. The summed E-state index contributed by atoms with van der Waals surface area (Å²) in [5.41, 5.74) is 0.943. The summed E-state index contributed by atoms with van der Waals surface area (Å²) >= 11 is 0. The summed E-state index contributed by atoms with van der Waals surface area (Å²) in [6.07, 6.45) is 4.66. The third-order valence-electron chi connectivity index (χ3n) is 4.47. The van der Waals surface area contributed by atoms with Gasteiger partial charge in [0, 0.05) is 12.6 Å². The molecule has 0 spiro atoms. The summed E-state index contributed by atoms with van der Waals surface area (Å²) in [6, 6.07) is 6.77. The Kier molecular flexibility index (Phi) is 6.97. The first-order chi connectivity index (χ1) is 11.4. The summed E-state index contributed by atoms with van der Waals surface area (Å²) in [5.74, 6) is 0.713. The fourth-order valence-corrected chi connectivity index (χ4v) is 3.17. The molecular formula is C18H26F2N2O2. The summed E-state index contributed by atoms with van der Waals surface area (Å²) in [4.78, 5) is 14.1. The molecule has 1 amide bonds. The maximum Gasteiger partial charge on any atom is 0.387 e. The number of rotatable bonds is 7. The molecule has 0 aromatic heterocycles. The number of carbonyl (C=O) groups is 1. The lowest BCUT2D eigenvalue weighted by atomic mass is 9.86. The van der Waals surface area contributed by atoms with Crippen LogP contribution in [0.15, 0.2) is 24.3 Å². The van der Waals surface area contributed by atoms with Crippen LogP contribution in [0.25, 0.3) is 0 Å². The molecule has 0 unspecified atom stereocenters. The second kappa shape index (κ2) is 8.97. The minimum Gasteiger partial charge on any atom is -0.435 e. The van der Waals surface area contributed by atoms with Crippen molar-refractivity contribution >= 4 is 5.91 Å². The third kappa shape index (κ3) is 6.07. The van der Waals surface area contributed by atoms with Crippen molar-refractivity contribution < 1.29 is 18.3 Å². The molecule has 4 nitrogen and oxygen atoms in total. The number of hydrogen-bond donors (Lipinski definition) is 1. The summed E-state index contributed by atoms with van der Waals surface area (Å²) in [5, 5.41) is 3.13. The molecule has 1 aromatic rings. The zero-order valence-corrected chi connectivity index (χ0v) is 14.3. The van der Waals surface area contributed by atoms with Gasteiger partial charge < -0.3 is 10.1 Å². The lowest BCUT2D eigenvalue weighted by Gasteiger charge is -2.30. The smallest absolute Gasteiger partial charge is 0.387 e. The molecule has 0 aliphatic heterocycles. The van der Waals surface area contributed by atoms with E-state index in [1.165, 1.54) is 31.4 Å². The lowest BCUT2D eigenvalue weighted by molar-refractivity contribution is -0.123. The minimum atomic E-state index is -2.82. The van der Waals surface area contributed by atoms with Crippen molar-refractivity contribution in [2.45, 2.75) is 51.8 Å². The van der Waals surface area contributed by atoms with Crippen LogP contribution >= 0.6 is 0 Å². The highest BCUT2D eigenvalue weighted by atomic mass is 19.3. The van der Waals surface area contributed by atoms with Gasteiger partial charge >= 0.3 is 6.61 Å². The highest BCUT2D eigenvalue weighted by Gasteiger charge is 2.23. The normalized spacial score (nSPS) is 21.1. The Hall–Kier alpha value is -1.69. The van der Waals surface area contributed by atoms with Crippen LogP contribution in [-0.2, 0) is 11.3 Å². The number of nitrogens with zero attached hydrogens (tertiary/aromatic N) is 1. The molecule has 134 valence electrons. The highest BCUT2D eigenvalue weighted by Crippen LogP contribution is 2.23. The number of ether oxygens (including phenoxy) is 1. The van der Waals surface area contributed by atoms with E-state index in [9.17, 15) is 13.6 Å². The number of alkyl halides is 2. The molecule has 0 heterocycles. The Labute approximate surface area is 142 Å². The molecule has 1 aromatic carbocycles. The van der Waals surface area contributed by atoms with Crippen molar-refractivity contribution in [1.29, 1.82) is 0 Å². The van der Waals surface area contributed by atoms with Gasteiger partial charge in [0.2, 0.25) is 5.91 Å². The first-order valence-electron chi connectivity index (χ1n) is 8.45. The van der Waals surface area contributed by atoms with E-state index >= 15 is 0 Å². The number of halogens is 2. The molecular weight excluding hydrogens is 314 g/mol.